The highest BCUT2D eigenvalue weighted by atomic mass is 16.3. The largest absolute Gasteiger partial charge is 0.503 e. The maximum absolute atomic E-state index is 13.1. The van der Waals surface area contributed by atoms with Gasteiger partial charge in [0, 0.05) is 5.69 Å². The predicted octanol–water partition coefficient (Wildman–Crippen LogP) is 4.87. The molecule has 1 aliphatic rings. The summed E-state index contributed by atoms with van der Waals surface area (Å²) in [5.74, 6) is -1.49. The van der Waals surface area contributed by atoms with Gasteiger partial charge in [-0.2, -0.15) is 0 Å². The molecule has 1 N–H and O–H groups in total. The zero-order chi connectivity index (χ0) is 20.2. The second kappa shape index (κ2) is 7.98. The number of carbonyl (C=O) groups is 2. The number of hydrogen-bond acceptors (Lipinski definition) is 3. The van der Waals surface area contributed by atoms with Gasteiger partial charge in [-0.05, 0) is 29.3 Å². The molecular weight excluding hydrogens is 362 g/mol. The van der Waals surface area contributed by atoms with Gasteiger partial charge in [0.1, 0.15) is 0 Å². The lowest BCUT2D eigenvalue weighted by Gasteiger charge is -2.26. The molecule has 3 aromatic carbocycles. The summed E-state index contributed by atoms with van der Waals surface area (Å²) in [5.41, 5.74) is 2.32. The maximum Gasteiger partial charge on any atom is 0.294 e. The molecule has 1 aliphatic heterocycles. The minimum atomic E-state index is -0.695. The van der Waals surface area contributed by atoms with E-state index in [9.17, 15) is 14.7 Å². The van der Waals surface area contributed by atoms with Crippen molar-refractivity contribution in [3.05, 3.63) is 120 Å². The summed E-state index contributed by atoms with van der Waals surface area (Å²) < 4.78 is 0. The van der Waals surface area contributed by atoms with Crippen LogP contribution in [0.1, 0.15) is 17.2 Å². The van der Waals surface area contributed by atoms with Crippen LogP contribution in [0.3, 0.4) is 0 Å². The van der Waals surface area contributed by atoms with Crippen LogP contribution >= 0.6 is 0 Å². The van der Waals surface area contributed by atoms with E-state index in [2.05, 4.69) is 0 Å². The van der Waals surface area contributed by atoms with Crippen LogP contribution in [0.4, 0.5) is 5.69 Å². The van der Waals surface area contributed by atoms with Gasteiger partial charge in [-0.25, -0.2) is 0 Å². The van der Waals surface area contributed by atoms with Crippen molar-refractivity contribution in [2.24, 2.45) is 0 Å². The maximum atomic E-state index is 13.1. The lowest BCUT2D eigenvalue weighted by molar-refractivity contribution is -0.117. The van der Waals surface area contributed by atoms with E-state index in [0.29, 0.717) is 5.69 Å². The zero-order valence-corrected chi connectivity index (χ0v) is 15.6. The van der Waals surface area contributed by atoms with Crippen LogP contribution in [0.2, 0.25) is 0 Å². The lowest BCUT2D eigenvalue weighted by atomic mass is 9.95. The van der Waals surface area contributed by atoms with Gasteiger partial charge >= 0.3 is 0 Å². The Kier molecular flexibility index (Phi) is 5.08. The summed E-state index contributed by atoms with van der Waals surface area (Å²) in [6, 6.07) is 27.0. The van der Waals surface area contributed by atoms with E-state index < -0.39 is 23.5 Å². The van der Waals surface area contributed by atoms with Crippen LogP contribution in [0.5, 0.6) is 0 Å². The molecule has 0 spiro atoms. The van der Waals surface area contributed by atoms with Crippen molar-refractivity contribution in [1.82, 2.24) is 0 Å². The van der Waals surface area contributed by atoms with Gasteiger partial charge in [-0.3, -0.25) is 14.5 Å². The van der Waals surface area contributed by atoms with Crippen LogP contribution in [-0.4, -0.2) is 16.8 Å². The average Bonchev–Trinajstić information content (AvgIpc) is 3.05. The van der Waals surface area contributed by atoms with Crippen LogP contribution in [-0.2, 0) is 9.59 Å². The highest BCUT2D eigenvalue weighted by molar-refractivity contribution is 6.19. The molecular formula is C25H19NO3. The summed E-state index contributed by atoms with van der Waals surface area (Å²) in [6.45, 7) is 0. The summed E-state index contributed by atoms with van der Waals surface area (Å²) in [7, 11) is 0. The number of ketones is 1. The van der Waals surface area contributed by atoms with Crippen molar-refractivity contribution >= 4 is 23.5 Å². The third-order valence-electron chi connectivity index (χ3n) is 4.85. The van der Waals surface area contributed by atoms with Gasteiger partial charge in [0.15, 0.2) is 11.5 Å². The number of aliphatic hydroxyl groups excluding tert-OH is 1. The smallest absolute Gasteiger partial charge is 0.294 e. The number of benzene rings is 3. The van der Waals surface area contributed by atoms with E-state index in [1.807, 2.05) is 78.9 Å². The number of carbonyl (C=O) groups excluding carboxylic acids is 2. The van der Waals surface area contributed by atoms with E-state index in [4.69, 9.17) is 0 Å². The third-order valence-corrected chi connectivity index (χ3v) is 4.85. The number of amides is 1. The monoisotopic (exact) mass is 381 g/mol. The van der Waals surface area contributed by atoms with Crippen molar-refractivity contribution in [3.8, 4) is 0 Å². The molecule has 0 aliphatic carbocycles. The van der Waals surface area contributed by atoms with E-state index in [1.54, 1.807) is 18.2 Å². The first-order valence-electron chi connectivity index (χ1n) is 9.31. The van der Waals surface area contributed by atoms with Crippen molar-refractivity contribution in [2.45, 2.75) is 6.04 Å². The predicted molar refractivity (Wildman–Crippen MR) is 113 cm³/mol. The number of allylic oxidation sites excluding steroid dienone is 1. The second-order valence-corrected chi connectivity index (χ2v) is 6.69. The van der Waals surface area contributed by atoms with Gasteiger partial charge < -0.3 is 5.11 Å². The van der Waals surface area contributed by atoms with Crippen molar-refractivity contribution in [2.75, 3.05) is 4.90 Å². The molecule has 1 atom stereocenters. The fourth-order valence-corrected chi connectivity index (χ4v) is 3.49. The molecule has 0 aromatic heterocycles. The highest BCUT2D eigenvalue weighted by Gasteiger charge is 2.43. The first kappa shape index (κ1) is 18.4. The van der Waals surface area contributed by atoms with Gasteiger partial charge in [0.25, 0.3) is 5.91 Å². The number of anilines is 1. The molecule has 0 unspecified atom stereocenters. The van der Waals surface area contributed by atoms with Crippen LogP contribution in [0.25, 0.3) is 6.08 Å². The standard InChI is InChI=1S/C25H19NO3/c27-21(17-16-18-10-4-1-5-11-18)22-23(19-12-6-2-7-13-19)26(25(29)24(22)28)20-14-8-3-9-15-20/h1-17,23,28H/b17-16+/t23-/m0/s1. The quantitative estimate of drug-likeness (QED) is 0.642. The van der Waals surface area contributed by atoms with Crippen LogP contribution in [0.15, 0.2) is 108 Å². The SMILES string of the molecule is O=C(/C=C/c1ccccc1)C1=C(O)C(=O)N(c2ccccc2)[C@H]1c1ccccc1. The Morgan fingerprint density at radius 3 is 2.00 bits per heavy atom. The molecule has 0 bridgehead atoms. The zero-order valence-electron chi connectivity index (χ0n) is 15.6. The summed E-state index contributed by atoms with van der Waals surface area (Å²) in [5, 5.41) is 10.6. The van der Waals surface area contributed by atoms with Crippen molar-refractivity contribution in [1.29, 1.82) is 0 Å². The normalized spacial score (nSPS) is 16.6. The number of para-hydroxylation sites is 1. The Morgan fingerprint density at radius 1 is 0.828 bits per heavy atom. The molecule has 142 valence electrons. The highest BCUT2D eigenvalue weighted by Crippen LogP contribution is 2.40. The summed E-state index contributed by atoms with van der Waals surface area (Å²) >= 11 is 0. The lowest BCUT2D eigenvalue weighted by Crippen LogP contribution is -2.30. The summed E-state index contributed by atoms with van der Waals surface area (Å²) in [6.07, 6.45) is 3.08. The molecule has 29 heavy (non-hydrogen) atoms. The molecule has 1 heterocycles. The first-order chi connectivity index (χ1) is 14.2. The Balaban J connectivity index is 1.77. The molecule has 1 amide bonds. The Morgan fingerprint density at radius 2 is 1.38 bits per heavy atom. The van der Waals surface area contributed by atoms with Gasteiger partial charge in [-0.1, -0.05) is 84.9 Å². The second-order valence-electron chi connectivity index (χ2n) is 6.69. The molecule has 4 nitrogen and oxygen atoms in total. The number of rotatable bonds is 5. The molecule has 0 saturated carbocycles. The number of aliphatic hydroxyl groups is 1. The number of nitrogens with zero attached hydrogens (tertiary/aromatic N) is 1. The molecule has 0 saturated heterocycles. The molecule has 3 aromatic rings. The van der Waals surface area contributed by atoms with Gasteiger partial charge in [0.2, 0.25) is 0 Å². The van der Waals surface area contributed by atoms with Crippen molar-refractivity contribution in [3.63, 3.8) is 0 Å². The molecule has 4 heteroatoms. The Hall–Kier alpha value is -3.92. The van der Waals surface area contributed by atoms with E-state index >= 15 is 0 Å². The van der Waals surface area contributed by atoms with Gasteiger partial charge in [-0.15, -0.1) is 0 Å². The van der Waals surface area contributed by atoms with Gasteiger partial charge in [0.05, 0.1) is 11.6 Å². The average molecular weight is 381 g/mol. The van der Waals surface area contributed by atoms with E-state index in [1.165, 1.54) is 11.0 Å². The van der Waals surface area contributed by atoms with E-state index in [-0.39, 0.29) is 5.57 Å². The van der Waals surface area contributed by atoms with Crippen LogP contribution in [0, 0.1) is 0 Å². The number of hydrogen-bond donors (Lipinski definition) is 1. The molecule has 4 rings (SSSR count). The minimum Gasteiger partial charge on any atom is -0.503 e. The summed E-state index contributed by atoms with van der Waals surface area (Å²) in [4.78, 5) is 27.4. The Labute approximate surface area is 169 Å². The minimum absolute atomic E-state index is 0.0808. The fourth-order valence-electron chi connectivity index (χ4n) is 3.49. The first-order valence-corrected chi connectivity index (χ1v) is 9.31. The molecule has 0 fully saturated rings. The van der Waals surface area contributed by atoms with Crippen molar-refractivity contribution < 1.29 is 14.7 Å². The van der Waals surface area contributed by atoms with E-state index in [0.717, 1.165) is 11.1 Å². The van der Waals surface area contributed by atoms with Crippen LogP contribution < -0.4 is 4.90 Å². The fraction of sp³-hybridized carbons (Fsp3) is 0.0400. The topological polar surface area (TPSA) is 57.6 Å². The third kappa shape index (κ3) is 3.60. The molecule has 0 radical (unpaired) electrons. The Bertz CT molecular complexity index is 1090.